The van der Waals surface area contributed by atoms with Gasteiger partial charge in [-0.05, 0) is 24.7 Å². The highest BCUT2D eigenvalue weighted by atomic mass is 32.2. The van der Waals surface area contributed by atoms with E-state index in [1.165, 1.54) is 9.13 Å². The molecule has 0 aliphatic carbocycles. The summed E-state index contributed by atoms with van der Waals surface area (Å²) in [7, 11) is 0. The van der Waals surface area contributed by atoms with Gasteiger partial charge in [0.05, 0.1) is 40.3 Å². The van der Waals surface area contributed by atoms with E-state index >= 15 is 0 Å². The summed E-state index contributed by atoms with van der Waals surface area (Å²) < 4.78 is 4.66. The number of nitriles is 4. The van der Waals surface area contributed by atoms with Crippen LogP contribution in [-0.4, -0.2) is 9.13 Å². The van der Waals surface area contributed by atoms with Crippen LogP contribution < -0.4 is 29.9 Å². The van der Waals surface area contributed by atoms with E-state index in [9.17, 15) is 40.2 Å². The van der Waals surface area contributed by atoms with Crippen LogP contribution in [0.5, 0.6) is 0 Å². The second-order valence-electron chi connectivity index (χ2n) is 13.0. The molecule has 0 amide bonds. The zero-order valence-electron chi connectivity index (χ0n) is 29.2. The Morgan fingerprint density at radius 3 is 1.04 bits per heavy atom. The maximum atomic E-state index is 14.8. The van der Waals surface area contributed by atoms with E-state index in [4.69, 9.17) is 0 Å². The number of hydrogen-bond donors (Lipinski definition) is 0. The Morgan fingerprint density at radius 2 is 0.808 bits per heavy atom. The normalized spacial score (nSPS) is 12.7. The zero-order valence-corrected chi connectivity index (χ0v) is 32.4. The molecule has 0 fully saturated rings. The molecule has 0 spiro atoms. The fourth-order valence-electron chi connectivity index (χ4n) is 7.12. The van der Waals surface area contributed by atoms with Crippen molar-refractivity contribution in [2.24, 2.45) is 11.8 Å². The van der Waals surface area contributed by atoms with Gasteiger partial charge < -0.3 is 0 Å². The number of aromatic nitrogens is 2. The molecule has 0 bridgehead atoms. The van der Waals surface area contributed by atoms with Gasteiger partial charge in [-0.25, -0.2) is 0 Å². The average molecular weight is 767 g/mol. The van der Waals surface area contributed by atoms with E-state index in [2.05, 4.69) is 13.8 Å². The molecule has 52 heavy (non-hydrogen) atoms. The van der Waals surface area contributed by atoms with Crippen molar-refractivity contribution in [3.05, 3.63) is 49.1 Å². The summed E-state index contributed by atoms with van der Waals surface area (Å²) in [6.07, 6.45) is 6.85. The van der Waals surface area contributed by atoms with E-state index in [-0.39, 0.29) is 68.4 Å². The average Bonchev–Trinajstić information content (AvgIpc) is 3.78. The summed E-state index contributed by atoms with van der Waals surface area (Å²) in [5.41, 5.74) is -2.55. The Kier molecular flexibility index (Phi) is 10.8. The van der Waals surface area contributed by atoms with E-state index < -0.39 is 22.2 Å². The molecular weight excluding hydrogens is 733 g/mol. The number of fused-ring (bicyclic) bond motifs is 6. The Balaban J connectivity index is 1.97. The van der Waals surface area contributed by atoms with Crippen LogP contribution in [0.2, 0.25) is 0 Å². The molecule has 0 aliphatic rings. The summed E-state index contributed by atoms with van der Waals surface area (Å²) in [5.74, 6) is 0.0590. The Bertz CT molecular complexity index is 2600. The molecule has 14 heteroatoms. The molecule has 2 unspecified atom stereocenters. The highest BCUT2D eigenvalue weighted by Gasteiger charge is 2.30. The van der Waals surface area contributed by atoms with Gasteiger partial charge in [0.2, 0.25) is 0 Å². The first-order chi connectivity index (χ1) is 25.1. The first kappa shape index (κ1) is 37.1. The second kappa shape index (κ2) is 15.1. The number of hydrogen-bond acceptors (Lipinski definition) is 12. The molecule has 4 heterocycles. The quantitative estimate of drug-likeness (QED) is 0.120. The molecule has 6 aromatic rings. The molecule has 2 aromatic carbocycles. The van der Waals surface area contributed by atoms with Crippen LogP contribution in [0, 0.1) is 57.2 Å². The summed E-state index contributed by atoms with van der Waals surface area (Å²) in [5, 5.41) is 40.4. The summed E-state index contributed by atoms with van der Waals surface area (Å²) in [6, 6.07) is 7.73. The minimum absolute atomic E-state index is 0.0295. The van der Waals surface area contributed by atoms with Gasteiger partial charge >= 0.3 is 0 Å². The smallest absolute Gasteiger partial charge is 0.262 e. The van der Waals surface area contributed by atoms with Gasteiger partial charge in [0.15, 0.2) is 11.1 Å². The van der Waals surface area contributed by atoms with Crippen LogP contribution in [0.1, 0.15) is 79.1 Å². The molecule has 0 aliphatic heterocycles. The number of rotatable bonds is 12. The van der Waals surface area contributed by atoms with Gasteiger partial charge in [0, 0.05) is 23.9 Å². The predicted octanol–water partition coefficient (Wildman–Crippen LogP) is 7.01. The number of nitrogens with zero attached hydrogens (tertiary/aromatic N) is 6. The molecule has 10 nitrogen and oxygen atoms in total. The van der Waals surface area contributed by atoms with Gasteiger partial charge in [0.1, 0.15) is 32.0 Å². The first-order valence-electron chi connectivity index (χ1n) is 17.4. The van der Waals surface area contributed by atoms with E-state index in [1.54, 1.807) is 0 Å². The van der Waals surface area contributed by atoms with E-state index in [0.29, 0.717) is 26.5 Å². The standard InChI is InChI=1S/C38H34N6O4S4/c1-5-9-11-19(7-3)17-43-33(45)25-23-24-27(31-29(25)49-37(51-31)21(13-39)14-40)35(47)44(18-20(8-4)12-10-6-2)36(48)28(24)32-30(26(23)34(43)46)50-38(52-32)22(15-41)16-42/h19-20H,5-12,17-18H2,1-4H3. The lowest BCUT2D eigenvalue weighted by molar-refractivity contribution is 0.382. The lowest BCUT2D eigenvalue weighted by Gasteiger charge is -2.20. The van der Waals surface area contributed by atoms with Crippen molar-refractivity contribution in [3.63, 3.8) is 0 Å². The highest BCUT2D eigenvalue weighted by Crippen LogP contribution is 2.44. The SMILES string of the molecule is CCCCC(CC)Cn1c(=O)c2c3sc(=C(C#N)C#N)sc3c3c(=O)n(CC(CC)CCCC)c(=O)c4c5sc(=C(C#N)C#N)sc5c(c1=O)c2c34. The van der Waals surface area contributed by atoms with Crippen molar-refractivity contribution in [1.82, 2.24) is 9.13 Å². The molecular formula is C38H34N6O4S4. The number of pyridine rings is 2. The molecule has 0 N–H and O–H groups in total. The maximum absolute atomic E-state index is 14.8. The van der Waals surface area contributed by atoms with E-state index in [1.807, 2.05) is 38.1 Å². The third-order valence-electron chi connectivity index (χ3n) is 10.0. The van der Waals surface area contributed by atoms with Crippen molar-refractivity contribution >= 4 is 108 Å². The van der Waals surface area contributed by atoms with Gasteiger partial charge in [-0.2, -0.15) is 21.0 Å². The van der Waals surface area contributed by atoms with Crippen molar-refractivity contribution in [2.75, 3.05) is 0 Å². The fourth-order valence-corrected chi connectivity index (χ4v) is 12.4. The van der Waals surface area contributed by atoms with Crippen LogP contribution in [0.15, 0.2) is 19.2 Å². The molecule has 264 valence electrons. The van der Waals surface area contributed by atoms with Crippen molar-refractivity contribution in [2.45, 2.75) is 92.2 Å². The highest BCUT2D eigenvalue weighted by molar-refractivity contribution is 7.38. The Morgan fingerprint density at radius 1 is 0.519 bits per heavy atom. The third kappa shape index (κ3) is 5.85. The largest absolute Gasteiger partial charge is 0.274 e. The van der Waals surface area contributed by atoms with Crippen molar-refractivity contribution in [1.29, 1.82) is 21.0 Å². The summed E-state index contributed by atoms with van der Waals surface area (Å²) >= 11 is 4.25. The lowest BCUT2D eigenvalue weighted by atomic mass is 9.94. The summed E-state index contributed by atoms with van der Waals surface area (Å²) in [6.45, 7) is 8.52. The first-order valence-corrected chi connectivity index (χ1v) is 20.7. The fraction of sp³-hybridized carbons (Fsp3) is 0.421. The molecule has 6 rings (SSSR count). The minimum atomic E-state index is -0.556. The second-order valence-corrected chi connectivity index (χ2v) is 17.6. The molecule has 4 aromatic heterocycles. The van der Waals surface area contributed by atoms with Crippen LogP contribution in [0.25, 0.3) is 62.3 Å². The van der Waals surface area contributed by atoms with Gasteiger partial charge in [0.25, 0.3) is 22.2 Å². The minimum Gasteiger partial charge on any atom is -0.274 e. The summed E-state index contributed by atoms with van der Waals surface area (Å²) in [4.78, 5) is 59.1. The van der Waals surface area contributed by atoms with Gasteiger partial charge in [-0.1, -0.05) is 66.2 Å². The van der Waals surface area contributed by atoms with Gasteiger partial charge in [-0.3, -0.25) is 28.3 Å². The molecule has 0 saturated carbocycles. The van der Waals surface area contributed by atoms with Crippen LogP contribution in [-0.2, 0) is 13.1 Å². The van der Waals surface area contributed by atoms with Crippen LogP contribution in [0.3, 0.4) is 0 Å². The third-order valence-corrected chi connectivity index (χ3v) is 15.3. The van der Waals surface area contributed by atoms with Crippen molar-refractivity contribution in [3.8, 4) is 24.3 Å². The monoisotopic (exact) mass is 766 g/mol. The molecule has 2 atom stereocenters. The van der Waals surface area contributed by atoms with Crippen molar-refractivity contribution < 1.29 is 0 Å². The lowest BCUT2D eigenvalue weighted by Crippen LogP contribution is -2.37. The maximum Gasteiger partial charge on any atom is 0.262 e. The zero-order chi connectivity index (χ0) is 37.4. The molecule has 0 radical (unpaired) electrons. The van der Waals surface area contributed by atoms with E-state index in [0.717, 1.165) is 96.7 Å². The number of unbranched alkanes of at least 4 members (excludes halogenated alkanes) is 2. The topological polar surface area (TPSA) is 173 Å². The predicted molar refractivity (Wildman–Crippen MR) is 213 cm³/mol. The van der Waals surface area contributed by atoms with Crippen LogP contribution >= 0.6 is 45.3 Å². The Labute approximate surface area is 313 Å². The Hall–Kier alpha value is -4.70. The number of benzene rings is 2. The molecule has 0 saturated heterocycles. The van der Waals surface area contributed by atoms with Crippen LogP contribution in [0.4, 0.5) is 0 Å². The van der Waals surface area contributed by atoms with Gasteiger partial charge in [-0.15, -0.1) is 45.3 Å².